The number of benzene rings is 2. The van der Waals surface area contributed by atoms with Gasteiger partial charge in [-0.25, -0.2) is 4.79 Å². The zero-order chi connectivity index (χ0) is 28.2. The number of hydrogen-bond acceptors (Lipinski definition) is 7. The van der Waals surface area contributed by atoms with Gasteiger partial charge < -0.3 is 24.5 Å². The second kappa shape index (κ2) is 10.5. The predicted molar refractivity (Wildman–Crippen MR) is 160 cm³/mol. The number of rotatable bonds is 5. The number of likely N-dealkylation sites (tertiary alicyclic amines) is 1. The third-order valence-corrected chi connectivity index (χ3v) is 10.00. The van der Waals surface area contributed by atoms with E-state index in [4.69, 9.17) is 26.3 Å². The summed E-state index contributed by atoms with van der Waals surface area (Å²) in [6, 6.07) is 13.1. The maximum atomic E-state index is 12.1. The van der Waals surface area contributed by atoms with Crippen molar-refractivity contribution in [3.63, 3.8) is 0 Å². The standard InChI is InChI=1S/C31H37ClN6O3/c1-19-14-22-15-37(17-27(19)38(22)31(39)40)29-23-11-13-36(26-10-4-7-20-6-3-9-24(32)28(20)26)16-25(23)33-30(34-29)41-18-21-8-5-12-35(21)2/h3-4,6-7,9-10,19,21-22,27H,5,8,11-18H2,1-2H3,(H,39,40)/t19-,21-,22+,27+/m0/s1. The largest absolute Gasteiger partial charge is 0.465 e. The van der Waals surface area contributed by atoms with Crippen molar-refractivity contribution in [3.05, 3.63) is 52.7 Å². The predicted octanol–water partition coefficient (Wildman–Crippen LogP) is 4.90. The lowest BCUT2D eigenvalue weighted by Crippen LogP contribution is -2.56. The van der Waals surface area contributed by atoms with Crippen LogP contribution >= 0.6 is 11.6 Å². The molecule has 9 nitrogen and oxygen atoms in total. The Morgan fingerprint density at radius 2 is 1.95 bits per heavy atom. The lowest BCUT2D eigenvalue weighted by molar-refractivity contribution is 0.110. The first-order valence-electron chi connectivity index (χ1n) is 14.8. The molecule has 2 bridgehead atoms. The molecule has 5 heterocycles. The number of carboxylic acid groups (broad SMARTS) is 1. The molecular weight excluding hydrogens is 540 g/mol. The summed E-state index contributed by atoms with van der Waals surface area (Å²) in [5, 5.41) is 12.8. The number of hydrogen-bond donors (Lipinski definition) is 1. The lowest BCUT2D eigenvalue weighted by Gasteiger charge is -2.42. The summed E-state index contributed by atoms with van der Waals surface area (Å²) in [5.74, 6) is 1.23. The number of aromatic nitrogens is 2. The average Bonchev–Trinajstić information content (AvgIpc) is 3.47. The third kappa shape index (κ3) is 4.73. The Hall–Kier alpha value is -3.30. The van der Waals surface area contributed by atoms with Crippen LogP contribution < -0.4 is 14.5 Å². The molecule has 0 radical (unpaired) electrons. The van der Waals surface area contributed by atoms with Gasteiger partial charge in [-0.2, -0.15) is 9.97 Å². The molecule has 10 heteroatoms. The first kappa shape index (κ1) is 26.6. The minimum absolute atomic E-state index is 0.0266. The molecule has 3 fully saturated rings. The van der Waals surface area contributed by atoms with E-state index in [-0.39, 0.29) is 12.1 Å². The molecule has 0 spiro atoms. The number of amides is 1. The van der Waals surface area contributed by atoms with Gasteiger partial charge in [0.15, 0.2) is 0 Å². The first-order valence-corrected chi connectivity index (χ1v) is 15.2. The van der Waals surface area contributed by atoms with E-state index in [0.29, 0.717) is 44.2 Å². The fourth-order valence-corrected chi connectivity index (χ4v) is 7.80. The molecule has 0 aliphatic carbocycles. The number of nitrogens with zero attached hydrogens (tertiary/aromatic N) is 6. The normalized spacial score (nSPS) is 26.1. The maximum Gasteiger partial charge on any atom is 0.407 e. The zero-order valence-electron chi connectivity index (χ0n) is 23.7. The van der Waals surface area contributed by atoms with E-state index in [1.54, 1.807) is 4.90 Å². The highest BCUT2D eigenvalue weighted by Crippen LogP contribution is 2.40. The second-order valence-electron chi connectivity index (χ2n) is 12.2. The summed E-state index contributed by atoms with van der Waals surface area (Å²) in [4.78, 5) is 30.7. The Morgan fingerprint density at radius 1 is 1.12 bits per heavy atom. The van der Waals surface area contributed by atoms with Gasteiger partial charge in [0.2, 0.25) is 0 Å². The molecule has 7 rings (SSSR count). The molecule has 0 unspecified atom stereocenters. The maximum absolute atomic E-state index is 12.1. The van der Waals surface area contributed by atoms with Gasteiger partial charge in [-0.05, 0) is 62.7 Å². The summed E-state index contributed by atoms with van der Waals surface area (Å²) in [7, 11) is 2.15. The van der Waals surface area contributed by atoms with E-state index in [1.807, 2.05) is 12.1 Å². The third-order valence-electron chi connectivity index (χ3n) is 9.68. The van der Waals surface area contributed by atoms with Crippen molar-refractivity contribution < 1.29 is 14.6 Å². The fraction of sp³-hybridized carbons (Fsp3) is 0.516. The number of fused-ring (bicyclic) bond motifs is 4. The van der Waals surface area contributed by atoms with Crippen LogP contribution in [0.2, 0.25) is 5.02 Å². The van der Waals surface area contributed by atoms with Crippen LogP contribution in [0.4, 0.5) is 16.3 Å². The van der Waals surface area contributed by atoms with Gasteiger partial charge in [0.05, 0.1) is 29.3 Å². The summed E-state index contributed by atoms with van der Waals surface area (Å²) >= 11 is 6.70. The van der Waals surface area contributed by atoms with Gasteiger partial charge in [-0.3, -0.25) is 4.90 Å². The van der Waals surface area contributed by atoms with Crippen LogP contribution in [0.5, 0.6) is 6.01 Å². The van der Waals surface area contributed by atoms with E-state index in [9.17, 15) is 9.90 Å². The van der Waals surface area contributed by atoms with Crippen LogP contribution in [0.15, 0.2) is 36.4 Å². The van der Waals surface area contributed by atoms with Gasteiger partial charge in [0.25, 0.3) is 0 Å². The van der Waals surface area contributed by atoms with Crippen molar-refractivity contribution in [1.82, 2.24) is 19.8 Å². The SMILES string of the molecule is C[C@H]1C[C@@H]2CN(c3nc(OC[C@@H]4CCCN4C)nc4c3CCN(c3cccc5cccc(Cl)c35)C4)C[C@H]1N2C(=O)O. The van der Waals surface area contributed by atoms with E-state index in [1.165, 1.54) is 6.42 Å². The summed E-state index contributed by atoms with van der Waals surface area (Å²) < 4.78 is 6.30. The van der Waals surface area contributed by atoms with Crippen LogP contribution in [-0.2, 0) is 13.0 Å². The molecule has 216 valence electrons. The first-order chi connectivity index (χ1) is 19.9. The van der Waals surface area contributed by atoms with Crippen LogP contribution in [-0.4, -0.2) is 88.9 Å². The number of piperazine rings is 1. The van der Waals surface area contributed by atoms with Crippen molar-refractivity contribution in [2.45, 2.75) is 57.3 Å². The minimum Gasteiger partial charge on any atom is -0.465 e. The molecule has 3 saturated heterocycles. The molecule has 2 aromatic carbocycles. The molecule has 3 aromatic rings. The molecular formula is C31H37ClN6O3. The average molecular weight is 577 g/mol. The Bertz CT molecular complexity index is 1480. The van der Waals surface area contributed by atoms with Crippen molar-refractivity contribution in [2.24, 2.45) is 5.92 Å². The van der Waals surface area contributed by atoms with Crippen molar-refractivity contribution >= 4 is 40.0 Å². The smallest absolute Gasteiger partial charge is 0.407 e. The molecule has 0 saturated carbocycles. The van der Waals surface area contributed by atoms with Gasteiger partial charge >= 0.3 is 12.1 Å². The summed E-state index contributed by atoms with van der Waals surface area (Å²) in [6.07, 6.45) is 3.15. The van der Waals surface area contributed by atoms with E-state index >= 15 is 0 Å². The highest BCUT2D eigenvalue weighted by Gasteiger charge is 2.47. The van der Waals surface area contributed by atoms with E-state index < -0.39 is 6.09 Å². The Kier molecular flexibility index (Phi) is 6.82. The molecule has 41 heavy (non-hydrogen) atoms. The second-order valence-corrected chi connectivity index (χ2v) is 12.6. The molecule has 1 N–H and O–H groups in total. The van der Waals surface area contributed by atoms with Crippen molar-refractivity contribution in [1.29, 1.82) is 0 Å². The summed E-state index contributed by atoms with van der Waals surface area (Å²) in [5.41, 5.74) is 3.23. The van der Waals surface area contributed by atoms with Gasteiger partial charge in [-0.15, -0.1) is 0 Å². The molecule has 1 aromatic heterocycles. The summed E-state index contributed by atoms with van der Waals surface area (Å²) in [6.45, 7) is 6.55. The zero-order valence-corrected chi connectivity index (χ0v) is 24.4. The van der Waals surface area contributed by atoms with Crippen molar-refractivity contribution in [2.75, 3.05) is 49.6 Å². The monoisotopic (exact) mass is 576 g/mol. The van der Waals surface area contributed by atoms with Crippen LogP contribution in [0, 0.1) is 5.92 Å². The quantitative estimate of drug-likeness (QED) is 0.459. The molecule has 1 amide bonds. The molecule has 4 aliphatic heterocycles. The number of ether oxygens (including phenoxy) is 1. The highest BCUT2D eigenvalue weighted by atomic mass is 35.5. The van der Waals surface area contributed by atoms with Crippen LogP contribution in [0.25, 0.3) is 10.8 Å². The topological polar surface area (TPSA) is 85.3 Å². The van der Waals surface area contributed by atoms with Gasteiger partial charge in [0, 0.05) is 42.3 Å². The Balaban J connectivity index is 1.23. The van der Waals surface area contributed by atoms with E-state index in [2.05, 4.69) is 52.9 Å². The Labute approximate surface area is 245 Å². The number of likely N-dealkylation sites (N-methyl/N-ethyl adjacent to an activating group) is 1. The number of anilines is 2. The number of carbonyl (C=O) groups is 1. The van der Waals surface area contributed by atoms with E-state index in [0.717, 1.165) is 70.9 Å². The number of halogens is 1. The molecule has 4 atom stereocenters. The fourth-order valence-electron chi connectivity index (χ4n) is 7.52. The van der Waals surface area contributed by atoms with Gasteiger partial charge in [0.1, 0.15) is 12.4 Å². The Morgan fingerprint density at radius 3 is 2.71 bits per heavy atom. The van der Waals surface area contributed by atoms with Crippen LogP contribution in [0.3, 0.4) is 0 Å². The van der Waals surface area contributed by atoms with Gasteiger partial charge in [-0.1, -0.05) is 42.8 Å². The molecule has 4 aliphatic rings. The van der Waals surface area contributed by atoms with Crippen molar-refractivity contribution in [3.8, 4) is 6.01 Å². The minimum atomic E-state index is -0.817. The highest BCUT2D eigenvalue weighted by molar-refractivity contribution is 6.36. The lowest BCUT2D eigenvalue weighted by atomic mass is 10.0. The van der Waals surface area contributed by atoms with Crippen LogP contribution in [0.1, 0.15) is 37.4 Å².